The first-order valence-corrected chi connectivity index (χ1v) is 11.8. The quantitative estimate of drug-likeness (QED) is 0.326. The smallest absolute Gasteiger partial charge is 0.339 e. The summed E-state index contributed by atoms with van der Waals surface area (Å²) in [5.74, 6) is 0.0676. The summed E-state index contributed by atoms with van der Waals surface area (Å²) < 4.78 is 12.4. The van der Waals surface area contributed by atoms with Crippen molar-refractivity contribution < 1.29 is 19.1 Å². The van der Waals surface area contributed by atoms with Crippen LogP contribution in [0.1, 0.15) is 47.2 Å². The van der Waals surface area contributed by atoms with E-state index in [-0.39, 0.29) is 17.5 Å². The third-order valence-corrected chi connectivity index (χ3v) is 6.17. The van der Waals surface area contributed by atoms with Gasteiger partial charge in [-0.05, 0) is 57.5 Å². The molecule has 0 N–H and O–H groups in total. The van der Waals surface area contributed by atoms with Crippen molar-refractivity contribution in [3.8, 4) is 6.07 Å². The van der Waals surface area contributed by atoms with Crippen LogP contribution in [0, 0.1) is 25.2 Å². The summed E-state index contributed by atoms with van der Waals surface area (Å²) in [6.45, 7) is 10.8. The lowest BCUT2D eigenvalue weighted by atomic mass is 10.1. The number of hydrogen-bond acceptors (Lipinski definition) is 7. The van der Waals surface area contributed by atoms with Crippen molar-refractivity contribution in [3.63, 3.8) is 0 Å². The molecular formula is C26H33N5O4. The monoisotopic (exact) mass is 479 g/mol. The average Bonchev–Trinajstić information content (AvgIpc) is 3.15. The molecule has 1 aliphatic rings. The zero-order chi connectivity index (χ0) is 25.5. The van der Waals surface area contributed by atoms with Gasteiger partial charge in [0, 0.05) is 50.9 Å². The van der Waals surface area contributed by atoms with E-state index in [9.17, 15) is 14.9 Å². The molecule has 9 nitrogen and oxygen atoms in total. The first kappa shape index (κ1) is 26.0. The van der Waals surface area contributed by atoms with Crippen molar-refractivity contribution in [1.82, 2.24) is 14.5 Å². The van der Waals surface area contributed by atoms with Gasteiger partial charge in [0.15, 0.2) is 0 Å². The van der Waals surface area contributed by atoms with Crippen LogP contribution in [0.4, 0.5) is 5.82 Å². The maximum absolute atomic E-state index is 13.1. The summed E-state index contributed by atoms with van der Waals surface area (Å²) in [5, 5.41) is 9.74. The Morgan fingerprint density at radius 1 is 1.23 bits per heavy atom. The van der Waals surface area contributed by atoms with Crippen LogP contribution in [-0.2, 0) is 14.3 Å². The Morgan fingerprint density at radius 2 is 1.94 bits per heavy atom. The topological polar surface area (TPSA) is 101 Å². The maximum atomic E-state index is 13.1. The number of ether oxygens (including phenoxy) is 2. The number of nitrogens with zero attached hydrogens (tertiary/aromatic N) is 5. The van der Waals surface area contributed by atoms with Gasteiger partial charge < -0.3 is 23.8 Å². The Morgan fingerprint density at radius 3 is 2.51 bits per heavy atom. The minimum absolute atomic E-state index is 0.120. The number of methoxy groups -OCH3 is 1. The Hall–Kier alpha value is -3.64. The van der Waals surface area contributed by atoms with Crippen molar-refractivity contribution in [2.75, 3.05) is 51.4 Å². The fraction of sp³-hybridized carbons (Fsp3) is 0.462. The Balaban J connectivity index is 1.67. The largest absolute Gasteiger partial charge is 0.462 e. The molecule has 2 aromatic heterocycles. The van der Waals surface area contributed by atoms with Crippen LogP contribution in [0.3, 0.4) is 0 Å². The van der Waals surface area contributed by atoms with E-state index in [1.54, 1.807) is 37.1 Å². The normalized spacial score (nSPS) is 15.0. The number of nitriles is 1. The summed E-state index contributed by atoms with van der Waals surface area (Å²) >= 11 is 0. The van der Waals surface area contributed by atoms with Gasteiger partial charge in [0.05, 0.1) is 24.8 Å². The maximum Gasteiger partial charge on any atom is 0.339 e. The van der Waals surface area contributed by atoms with E-state index in [0.717, 1.165) is 22.8 Å². The molecule has 1 atom stereocenters. The average molecular weight is 480 g/mol. The molecule has 3 rings (SSSR count). The summed E-state index contributed by atoms with van der Waals surface area (Å²) in [4.78, 5) is 33.1. The fourth-order valence-corrected chi connectivity index (χ4v) is 4.46. The van der Waals surface area contributed by atoms with Gasteiger partial charge in [0.1, 0.15) is 17.5 Å². The molecule has 0 radical (unpaired) electrons. The number of piperazine rings is 1. The Bertz CT molecular complexity index is 1120. The molecule has 0 bridgehead atoms. The zero-order valence-electron chi connectivity index (χ0n) is 21.1. The molecule has 2 aromatic rings. The van der Waals surface area contributed by atoms with Gasteiger partial charge in [-0.25, -0.2) is 9.78 Å². The van der Waals surface area contributed by atoms with Gasteiger partial charge in [-0.2, -0.15) is 5.26 Å². The lowest BCUT2D eigenvalue weighted by Crippen LogP contribution is -2.49. The van der Waals surface area contributed by atoms with E-state index >= 15 is 0 Å². The molecule has 0 aliphatic carbocycles. The van der Waals surface area contributed by atoms with Crippen LogP contribution in [-0.4, -0.2) is 72.8 Å². The van der Waals surface area contributed by atoms with Crippen molar-refractivity contribution in [1.29, 1.82) is 5.26 Å². The van der Waals surface area contributed by atoms with Crippen molar-refractivity contribution in [2.45, 2.75) is 33.7 Å². The molecule has 0 aromatic carbocycles. The highest BCUT2D eigenvalue weighted by molar-refractivity contribution is 6.02. The molecule has 186 valence electrons. The Kier molecular flexibility index (Phi) is 8.66. The van der Waals surface area contributed by atoms with E-state index < -0.39 is 5.97 Å². The van der Waals surface area contributed by atoms with Gasteiger partial charge in [-0.1, -0.05) is 0 Å². The fourth-order valence-electron chi connectivity index (χ4n) is 4.46. The number of hydrogen-bond donors (Lipinski definition) is 0. The molecular weight excluding hydrogens is 446 g/mol. The van der Waals surface area contributed by atoms with Gasteiger partial charge in [0.25, 0.3) is 5.91 Å². The Labute approximate surface area is 206 Å². The third-order valence-electron chi connectivity index (χ3n) is 6.17. The highest BCUT2D eigenvalue weighted by atomic mass is 16.5. The number of anilines is 1. The first-order valence-electron chi connectivity index (χ1n) is 11.8. The SMILES string of the molecule is CCOC(=O)c1ccc(N2CCN(C(=O)/C(C#N)=C\c3cc(C)n(C(C)COC)c3C)CC2)nc1. The molecule has 1 amide bonds. The number of esters is 1. The zero-order valence-corrected chi connectivity index (χ0v) is 21.1. The molecule has 1 unspecified atom stereocenters. The number of carbonyl (C=O) groups excluding carboxylic acids is 2. The van der Waals surface area contributed by atoms with Crippen molar-refractivity contribution >= 4 is 23.8 Å². The number of pyridine rings is 1. The van der Waals surface area contributed by atoms with E-state index in [2.05, 4.69) is 27.4 Å². The molecule has 1 fully saturated rings. The predicted octanol–water partition coefficient (Wildman–Crippen LogP) is 3.14. The molecule has 3 heterocycles. The van der Waals surface area contributed by atoms with Gasteiger partial charge >= 0.3 is 5.97 Å². The second-order valence-electron chi connectivity index (χ2n) is 8.58. The molecule has 0 spiro atoms. The molecule has 0 saturated carbocycles. The van der Waals surface area contributed by atoms with Crippen molar-refractivity contribution in [2.24, 2.45) is 0 Å². The minimum atomic E-state index is -0.397. The van der Waals surface area contributed by atoms with E-state index in [1.165, 1.54) is 6.20 Å². The highest BCUT2D eigenvalue weighted by Gasteiger charge is 2.25. The van der Waals surface area contributed by atoms with Crippen LogP contribution in [0.15, 0.2) is 30.0 Å². The number of aryl methyl sites for hydroxylation is 1. The second-order valence-corrected chi connectivity index (χ2v) is 8.58. The summed E-state index contributed by atoms with van der Waals surface area (Å²) in [6.07, 6.45) is 3.19. The van der Waals surface area contributed by atoms with E-state index in [1.807, 2.05) is 19.9 Å². The number of amides is 1. The lowest BCUT2D eigenvalue weighted by molar-refractivity contribution is -0.126. The van der Waals surface area contributed by atoms with Crippen molar-refractivity contribution in [3.05, 3.63) is 52.5 Å². The summed E-state index contributed by atoms with van der Waals surface area (Å²) in [5.41, 5.74) is 3.44. The number of aromatic nitrogens is 2. The standard InChI is InChI=1S/C26H33N5O4/c1-6-35-26(33)21-7-8-24(28-16-21)29-9-11-30(12-10-29)25(32)23(15-27)14-22-13-18(2)31(20(22)4)19(3)17-34-5/h7-8,13-14,16,19H,6,9-12,17H2,1-5H3/b23-14-. The first-order chi connectivity index (χ1) is 16.8. The van der Waals surface area contributed by atoms with Crippen LogP contribution < -0.4 is 4.90 Å². The minimum Gasteiger partial charge on any atom is -0.462 e. The summed E-state index contributed by atoms with van der Waals surface area (Å²) in [6, 6.07) is 7.71. The lowest BCUT2D eigenvalue weighted by Gasteiger charge is -2.35. The molecule has 1 aliphatic heterocycles. The van der Waals surface area contributed by atoms with Gasteiger partial charge in [0.2, 0.25) is 0 Å². The van der Waals surface area contributed by atoms with Crippen LogP contribution in [0.5, 0.6) is 0 Å². The van der Waals surface area contributed by atoms with Gasteiger partial charge in [-0.3, -0.25) is 4.79 Å². The number of carbonyl (C=O) groups is 2. The van der Waals surface area contributed by atoms with E-state index in [0.29, 0.717) is 45.0 Å². The van der Waals surface area contributed by atoms with Crippen LogP contribution in [0.25, 0.3) is 6.08 Å². The molecule has 35 heavy (non-hydrogen) atoms. The predicted molar refractivity (Wildman–Crippen MR) is 133 cm³/mol. The van der Waals surface area contributed by atoms with Gasteiger partial charge in [-0.15, -0.1) is 0 Å². The molecule has 9 heteroatoms. The second kappa shape index (κ2) is 11.7. The summed E-state index contributed by atoms with van der Waals surface area (Å²) in [7, 11) is 1.67. The van der Waals surface area contributed by atoms with Crippen LogP contribution in [0.2, 0.25) is 0 Å². The third kappa shape index (κ3) is 5.89. The van der Waals surface area contributed by atoms with Crippen LogP contribution >= 0.6 is 0 Å². The van der Waals surface area contributed by atoms with E-state index in [4.69, 9.17) is 9.47 Å². The highest BCUT2D eigenvalue weighted by Crippen LogP contribution is 2.23. The molecule has 1 saturated heterocycles. The number of rotatable bonds is 8.